The minimum Gasteiger partial charge on any atom is -0.430 e. The smallest absolute Gasteiger partial charge is 0.430 e. The van der Waals surface area contributed by atoms with Gasteiger partial charge in [-0.1, -0.05) is 30.1 Å². The van der Waals surface area contributed by atoms with E-state index in [4.69, 9.17) is 23.2 Å². The molecule has 1 rings (SSSR count). The van der Waals surface area contributed by atoms with E-state index in [1.807, 2.05) is 0 Å². The molecule has 0 N–H and O–H groups in total. The first kappa shape index (κ1) is 9.07. The van der Waals surface area contributed by atoms with Crippen molar-refractivity contribution in [3.63, 3.8) is 0 Å². The molecule has 0 spiro atoms. The van der Waals surface area contributed by atoms with E-state index in [1.165, 1.54) is 6.92 Å². The van der Waals surface area contributed by atoms with E-state index < -0.39 is 16.2 Å². The topological polar surface area (TPSA) is 26.3 Å². The molecular formula is C6H7Cl2FO2. The van der Waals surface area contributed by atoms with Gasteiger partial charge in [0.05, 0.1) is 0 Å². The molecule has 0 aliphatic heterocycles. The van der Waals surface area contributed by atoms with Gasteiger partial charge < -0.3 is 4.74 Å². The lowest BCUT2D eigenvalue weighted by molar-refractivity contribution is 0.0629. The lowest BCUT2D eigenvalue weighted by Crippen LogP contribution is -2.19. The minimum absolute atomic E-state index is 0.238. The summed E-state index contributed by atoms with van der Waals surface area (Å²) in [6, 6.07) is 0. The maximum Gasteiger partial charge on any atom is 0.496 e. The molecule has 0 aromatic carbocycles. The lowest BCUT2D eigenvalue weighted by atomic mass is 10.3. The summed E-state index contributed by atoms with van der Waals surface area (Å²) in [4.78, 5) is 9.93. The molecule has 0 aromatic heterocycles. The van der Waals surface area contributed by atoms with Crippen LogP contribution >= 0.6 is 23.2 Å². The standard InChI is InChI=1S/C6H7Cl2FO2/c1-3-5(2,6(3,7)8)11-4(9)10/h3H,1-2H3. The molecule has 0 amide bonds. The van der Waals surface area contributed by atoms with E-state index >= 15 is 0 Å². The van der Waals surface area contributed by atoms with Crippen molar-refractivity contribution in [3.8, 4) is 0 Å². The summed E-state index contributed by atoms with van der Waals surface area (Å²) in [7, 11) is 0. The van der Waals surface area contributed by atoms with Crippen molar-refractivity contribution in [2.75, 3.05) is 0 Å². The SMILES string of the molecule is CC1C(Cl)(Cl)C1(C)OC(=O)F. The summed E-state index contributed by atoms with van der Waals surface area (Å²) in [5, 5.41) is 0. The second kappa shape index (κ2) is 2.23. The van der Waals surface area contributed by atoms with Gasteiger partial charge in [-0.05, 0) is 6.92 Å². The molecule has 11 heavy (non-hydrogen) atoms. The largest absolute Gasteiger partial charge is 0.496 e. The number of ether oxygens (including phenoxy) is 1. The molecule has 2 atom stereocenters. The van der Waals surface area contributed by atoms with Gasteiger partial charge in [0.15, 0.2) is 9.93 Å². The van der Waals surface area contributed by atoms with Crippen molar-refractivity contribution >= 4 is 29.4 Å². The first-order chi connectivity index (χ1) is 4.82. The Labute approximate surface area is 73.6 Å². The Morgan fingerprint density at radius 1 is 1.64 bits per heavy atom. The van der Waals surface area contributed by atoms with Crippen LogP contribution in [-0.4, -0.2) is 16.2 Å². The van der Waals surface area contributed by atoms with E-state index in [2.05, 4.69) is 4.74 Å². The van der Waals surface area contributed by atoms with Crippen LogP contribution in [0, 0.1) is 5.92 Å². The summed E-state index contributed by atoms with van der Waals surface area (Å²) in [6.45, 7) is 3.18. The van der Waals surface area contributed by atoms with Crippen molar-refractivity contribution in [2.24, 2.45) is 5.92 Å². The number of rotatable bonds is 1. The Hall–Kier alpha value is -0.0200. The van der Waals surface area contributed by atoms with Crippen LogP contribution < -0.4 is 0 Å². The molecule has 1 aliphatic rings. The highest BCUT2D eigenvalue weighted by Crippen LogP contribution is 2.64. The molecule has 0 saturated heterocycles. The number of hydrogen-bond donors (Lipinski definition) is 0. The van der Waals surface area contributed by atoms with Crippen LogP contribution in [0.1, 0.15) is 13.8 Å². The molecule has 0 heterocycles. The highest BCUT2D eigenvalue weighted by molar-refractivity contribution is 6.52. The van der Waals surface area contributed by atoms with Crippen LogP contribution in [0.25, 0.3) is 0 Å². The Morgan fingerprint density at radius 2 is 2.00 bits per heavy atom. The molecule has 2 nitrogen and oxygen atoms in total. The average Bonchev–Trinajstić information content (AvgIpc) is 2.13. The van der Waals surface area contributed by atoms with Gasteiger partial charge in [0.1, 0.15) is 0 Å². The quantitative estimate of drug-likeness (QED) is 0.481. The summed E-state index contributed by atoms with van der Waals surface area (Å²) in [5.74, 6) is -0.238. The van der Waals surface area contributed by atoms with Crippen LogP contribution in [0.5, 0.6) is 0 Å². The molecule has 2 unspecified atom stereocenters. The van der Waals surface area contributed by atoms with E-state index in [0.717, 1.165) is 0 Å². The fourth-order valence-corrected chi connectivity index (χ4v) is 1.74. The zero-order chi connectivity index (χ0) is 8.86. The minimum atomic E-state index is -1.84. The lowest BCUT2D eigenvalue weighted by Gasteiger charge is -2.09. The fraction of sp³-hybridized carbons (Fsp3) is 0.833. The van der Waals surface area contributed by atoms with Crippen LogP contribution in [0.2, 0.25) is 0 Å². The highest BCUT2D eigenvalue weighted by Gasteiger charge is 2.74. The van der Waals surface area contributed by atoms with Crippen molar-refractivity contribution in [1.82, 2.24) is 0 Å². The molecular weight excluding hydrogens is 194 g/mol. The van der Waals surface area contributed by atoms with Gasteiger partial charge in [-0.15, -0.1) is 4.39 Å². The third-order valence-corrected chi connectivity index (χ3v) is 3.65. The molecule has 0 radical (unpaired) electrons. The van der Waals surface area contributed by atoms with Crippen molar-refractivity contribution in [3.05, 3.63) is 0 Å². The average molecular weight is 201 g/mol. The van der Waals surface area contributed by atoms with Gasteiger partial charge in [0.2, 0.25) is 0 Å². The fourth-order valence-electron chi connectivity index (χ4n) is 1.03. The highest BCUT2D eigenvalue weighted by atomic mass is 35.5. The Balaban J connectivity index is 2.67. The monoisotopic (exact) mass is 200 g/mol. The molecule has 0 bridgehead atoms. The van der Waals surface area contributed by atoms with Gasteiger partial charge in [-0.3, -0.25) is 0 Å². The summed E-state index contributed by atoms with van der Waals surface area (Å²) in [5.41, 5.74) is -1.07. The first-order valence-corrected chi connectivity index (χ1v) is 3.84. The maximum absolute atomic E-state index is 11.8. The van der Waals surface area contributed by atoms with Crippen LogP contribution in [-0.2, 0) is 4.74 Å². The first-order valence-electron chi connectivity index (χ1n) is 3.08. The third kappa shape index (κ3) is 1.11. The number of carbonyl (C=O) groups excluding carboxylic acids is 1. The summed E-state index contributed by atoms with van der Waals surface area (Å²) < 4.78 is 14.9. The van der Waals surface area contributed by atoms with Crippen LogP contribution in [0.4, 0.5) is 9.18 Å². The second-order valence-corrected chi connectivity index (χ2v) is 4.18. The van der Waals surface area contributed by atoms with Crippen LogP contribution in [0.15, 0.2) is 0 Å². The number of alkyl halides is 2. The number of carbonyl (C=O) groups is 1. The molecule has 1 fully saturated rings. The van der Waals surface area contributed by atoms with E-state index in [-0.39, 0.29) is 5.92 Å². The Bertz CT molecular complexity index is 207. The second-order valence-electron chi connectivity index (χ2n) is 2.79. The van der Waals surface area contributed by atoms with E-state index in [1.54, 1.807) is 6.92 Å². The zero-order valence-corrected chi connectivity index (χ0v) is 7.54. The van der Waals surface area contributed by atoms with E-state index in [9.17, 15) is 9.18 Å². The van der Waals surface area contributed by atoms with Gasteiger partial charge >= 0.3 is 6.22 Å². The maximum atomic E-state index is 11.8. The summed E-state index contributed by atoms with van der Waals surface area (Å²) in [6.07, 6.45) is -1.84. The molecule has 0 aromatic rings. The van der Waals surface area contributed by atoms with E-state index in [0.29, 0.717) is 0 Å². The van der Waals surface area contributed by atoms with Crippen molar-refractivity contribution in [1.29, 1.82) is 0 Å². The number of halogens is 3. The molecule has 5 heteroatoms. The van der Waals surface area contributed by atoms with Crippen molar-refractivity contribution < 1.29 is 13.9 Å². The van der Waals surface area contributed by atoms with Crippen LogP contribution in [0.3, 0.4) is 0 Å². The van der Waals surface area contributed by atoms with Crippen molar-refractivity contribution in [2.45, 2.75) is 23.8 Å². The predicted molar refractivity (Wildman–Crippen MR) is 39.6 cm³/mol. The molecule has 1 aliphatic carbocycles. The van der Waals surface area contributed by atoms with Gasteiger partial charge in [0, 0.05) is 5.92 Å². The Kier molecular flexibility index (Phi) is 1.84. The Morgan fingerprint density at radius 3 is 2.09 bits per heavy atom. The predicted octanol–water partition coefficient (Wildman–Crippen LogP) is 2.67. The van der Waals surface area contributed by atoms with Gasteiger partial charge in [-0.2, -0.15) is 0 Å². The zero-order valence-electron chi connectivity index (χ0n) is 6.03. The number of hydrogen-bond acceptors (Lipinski definition) is 2. The molecule has 64 valence electrons. The molecule has 1 saturated carbocycles. The van der Waals surface area contributed by atoms with Gasteiger partial charge in [-0.25, -0.2) is 4.79 Å². The summed E-state index contributed by atoms with van der Waals surface area (Å²) >= 11 is 11.3. The third-order valence-electron chi connectivity index (χ3n) is 2.24. The normalized spacial score (nSPS) is 39.9. The van der Waals surface area contributed by atoms with Gasteiger partial charge in [0.25, 0.3) is 0 Å².